The third-order valence-corrected chi connectivity index (χ3v) is 6.49. The van der Waals surface area contributed by atoms with Gasteiger partial charge in [-0.3, -0.25) is 28.7 Å². The quantitative estimate of drug-likeness (QED) is 0.340. The largest absolute Gasteiger partial charge is 0.494 e. The summed E-state index contributed by atoms with van der Waals surface area (Å²) < 4.78 is 7.88. The van der Waals surface area contributed by atoms with Crippen LogP contribution in [0, 0.1) is 0 Å². The van der Waals surface area contributed by atoms with Crippen LogP contribution >= 0.6 is 23.2 Å². The minimum absolute atomic E-state index is 0.0695. The van der Waals surface area contributed by atoms with E-state index in [1.165, 1.54) is 12.1 Å². The Balaban J connectivity index is 2.10. The normalized spacial score (nSPS) is 14.3. The standard InChI is InChI=1S/C23H24Cl2N4O6/c1-3-5-7-28-20(31)15(18(30)26-22(28)33)14-12-9-11(24)10-13(25)17(12)35-19-16(14)21(32)29(8-6-4-2)23(34)27-19/h9-10,14,31H,3-8H2,1-2H3,(H,27,34)(H,26,30,33). The molecule has 3 aromatic rings. The first-order valence-electron chi connectivity index (χ1n) is 11.3. The van der Waals surface area contributed by atoms with Crippen LogP contribution in [-0.2, 0) is 13.1 Å². The third kappa shape index (κ3) is 4.32. The second-order valence-electron chi connectivity index (χ2n) is 8.33. The molecule has 0 spiro atoms. The highest BCUT2D eigenvalue weighted by Crippen LogP contribution is 2.49. The molecule has 10 nitrogen and oxygen atoms in total. The number of nitrogens with zero attached hydrogens (tertiary/aromatic N) is 2. The zero-order valence-electron chi connectivity index (χ0n) is 19.1. The van der Waals surface area contributed by atoms with Crippen molar-refractivity contribution in [2.24, 2.45) is 0 Å². The van der Waals surface area contributed by atoms with E-state index in [-0.39, 0.29) is 51.5 Å². The Hall–Kier alpha value is -3.24. The van der Waals surface area contributed by atoms with E-state index in [9.17, 15) is 24.3 Å². The summed E-state index contributed by atoms with van der Waals surface area (Å²) in [5.41, 5.74) is -3.12. The molecule has 1 aliphatic rings. The molecule has 0 fully saturated rings. The molecule has 0 radical (unpaired) electrons. The topological polar surface area (TPSA) is 139 Å². The lowest BCUT2D eigenvalue weighted by molar-refractivity contribution is 0.380. The molecule has 186 valence electrons. The Labute approximate surface area is 208 Å². The summed E-state index contributed by atoms with van der Waals surface area (Å²) in [7, 11) is 0. The second kappa shape index (κ2) is 9.79. The van der Waals surface area contributed by atoms with Crippen LogP contribution < -0.4 is 27.2 Å². The highest BCUT2D eigenvalue weighted by Gasteiger charge is 2.38. The van der Waals surface area contributed by atoms with Gasteiger partial charge in [-0.2, -0.15) is 0 Å². The molecule has 1 unspecified atom stereocenters. The maximum Gasteiger partial charge on any atom is 0.331 e. The number of halogens is 2. The number of ether oxygens (including phenoxy) is 1. The van der Waals surface area contributed by atoms with Crippen LogP contribution in [-0.4, -0.2) is 24.2 Å². The summed E-state index contributed by atoms with van der Waals surface area (Å²) in [5.74, 6) is -1.93. The number of hydrogen-bond donors (Lipinski definition) is 3. The van der Waals surface area contributed by atoms with Crippen LogP contribution in [0.5, 0.6) is 17.5 Å². The predicted molar refractivity (Wildman–Crippen MR) is 132 cm³/mol. The van der Waals surface area contributed by atoms with Crippen molar-refractivity contribution in [3.05, 3.63) is 80.5 Å². The van der Waals surface area contributed by atoms with Gasteiger partial charge in [-0.05, 0) is 25.0 Å². The molecule has 12 heteroatoms. The molecular formula is C23H24Cl2N4O6. The molecule has 0 amide bonds. The van der Waals surface area contributed by atoms with Gasteiger partial charge < -0.3 is 9.84 Å². The van der Waals surface area contributed by atoms with Gasteiger partial charge in [0.1, 0.15) is 0 Å². The molecule has 2 aromatic heterocycles. The van der Waals surface area contributed by atoms with E-state index < -0.39 is 34.3 Å². The van der Waals surface area contributed by atoms with Crippen molar-refractivity contribution in [3.8, 4) is 17.5 Å². The summed E-state index contributed by atoms with van der Waals surface area (Å²) in [6.07, 6.45) is 2.60. The summed E-state index contributed by atoms with van der Waals surface area (Å²) in [6.45, 7) is 4.13. The Morgan fingerprint density at radius 2 is 1.57 bits per heavy atom. The minimum atomic E-state index is -1.22. The fourth-order valence-corrected chi connectivity index (χ4v) is 4.79. The van der Waals surface area contributed by atoms with Crippen LogP contribution in [0.25, 0.3) is 0 Å². The summed E-state index contributed by atoms with van der Waals surface area (Å²) in [6, 6.07) is 2.88. The first kappa shape index (κ1) is 24.9. The lowest BCUT2D eigenvalue weighted by atomic mass is 9.84. The minimum Gasteiger partial charge on any atom is -0.494 e. The van der Waals surface area contributed by atoms with Crippen molar-refractivity contribution in [2.45, 2.75) is 58.5 Å². The Morgan fingerprint density at radius 1 is 0.943 bits per heavy atom. The Kier molecular flexibility index (Phi) is 6.95. The van der Waals surface area contributed by atoms with E-state index in [1.54, 1.807) is 0 Å². The molecule has 4 rings (SSSR count). The van der Waals surface area contributed by atoms with Crippen molar-refractivity contribution in [1.29, 1.82) is 0 Å². The van der Waals surface area contributed by atoms with Crippen molar-refractivity contribution in [3.63, 3.8) is 0 Å². The maximum atomic E-state index is 13.6. The van der Waals surface area contributed by atoms with Crippen LogP contribution in [0.4, 0.5) is 0 Å². The molecule has 1 aliphatic heterocycles. The zero-order valence-corrected chi connectivity index (χ0v) is 20.6. The summed E-state index contributed by atoms with van der Waals surface area (Å²) in [5, 5.41) is 11.4. The van der Waals surface area contributed by atoms with Crippen molar-refractivity contribution in [2.75, 3.05) is 0 Å². The van der Waals surface area contributed by atoms with Gasteiger partial charge >= 0.3 is 11.4 Å². The first-order chi connectivity index (χ1) is 16.7. The van der Waals surface area contributed by atoms with E-state index in [4.69, 9.17) is 27.9 Å². The molecule has 0 aliphatic carbocycles. The highest BCUT2D eigenvalue weighted by atomic mass is 35.5. The molecule has 3 heterocycles. The van der Waals surface area contributed by atoms with Gasteiger partial charge in [-0.1, -0.05) is 49.9 Å². The lowest BCUT2D eigenvalue weighted by Gasteiger charge is -2.29. The van der Waals surface area contributed by atoms with E-state index in [2.05, 4.69) is 9.97 Å². The fourth-order valence-electron chi connectivity index (χ4n) is 4.24. The Morgan fingerprint density at radius 3 is 2.23 bits per heavy atom. The average Bonchev–Trinajstić information content (AvgIpc) is 2.78. The van der Waals surface area contributed by atoms with Crippen LogP contribution in [0.2, 0.25) is 10.0 Å². The van der Waals surface area contributed by atoms with Gasteiger partial charge in [0.25, 0.3) is 11.1 Å². The molecular weight excluding hydrogens is 499 g/mol. The number of benzene rings is 1. The number of fused-ring (bicyclic) bond motifs is 2. The first-order valence-corrected chi connectivity index (χ1v) is 12.0. The lowest BCUT2D eigenvalue weighted by Crippen LogP contribution is -2.41. The number of nitrogens with one attached hydrogen (secondary N) is 2. The molecule has 0 saturated heterocycles. The number of H-pyrrole nitrogens is 2. The van der Waals surface area contributed by atoms with E-state index >= 15 is 0 Å². The van der Waals surface area contributed by atoms with Gasteiger partial charge in [0.05, 0.1) is 22.1 Å². The van der Waals surface area contributed by atoms with Gasteiger partial charge in [-0.15, -0.1) is 0 Å². The molecule has 1 aromatic carbocycles. The number of hydrogen-bond acceptors (Lipinski definition) is 6. The maximum absolute atomic E-state index is 13.6. The predicted octanol–water partition coefficient (Wildman–Crippen LogP) is 3.29. The number of rotatable bonds is 7. The number of aromatic amines is 2. The fraction of sp³-hybridized carbons (Fsp3) is 0.391. The van der Waals surface area contributed by atoms with Crippen LogP contribution in [0.3, 0.4) is 0 Å². The number of aromatic hydroxyl groups is 1. The monoisotopic (exact) mass is 522 g/mol. The SMILES string of the molecule is CCCCn1c(O)c(C2c3cc(Cl)cc(Cl)c3Oc3[nH]c(=O)n(CCCC)c(=O)c32)c(=O)[nH]c1=O. The van der Waals surface area contributed by atoms with Crippen LogP contribution in [0.1, 0.15) is 62.1 Å². The highest BCUT2D eigenvalue weighted by molar-refractivity contribution is 6.35. The molecule has 0 saturated carbocycles. The molecule has 3 N–H and O–H groups in total. The molecule has 35 heavy (non-hydrogen) atoms. The third-order valence-electron chi connectivity index (χ3n) is 5.99. The van der Waals surface area contributed by atoms with Gasteiger partial charge in [0, 0.05) is 23.7 Å². The van der Waals surface area contributed by atoms with Gasteiger partial charge in [0.2, 0.25) is 11.8 Å². The zero-order chi connectivity index (χ0) is 25.4. The summed E-state index contributed by atoms with van der Waals surface area (Å²) in [4.78, 5) is 56.6. The van der Waals surface area contributed by atoms with Crippen molar-refractivity contribution in [1.82, 2.24) is 19.1 Å². The van der Waals surface area contributed by atoms with Crippen molar-refractivity contribution < 1.29 is 9.84 Å². The average molecular weight is 523 g/mol. The number of unbranched alkanes of at least 4 members (excludes halogenated alkanes) is 2. The molecule has 1 atom stereocenters. The second-order valence-corrected chi connectivity index (χ2v) is 9.17. The smallest absolute Gasteiger partial charge is 0.331 e. The molecule has 0 bridgehead atoms. The van der Waals surface area contributed by atoms with Crippen LogP contribution in [0.15, 0.2) is 31.3 Å². The number of aromatic nitrogens is 4. The van der Waals surface area contributed by atoms with E-state index in [0.29, 0.717) is 12.8 Å². The van der Waals surface area contributed by atoms with E-state index in [0.717, 1.165) is 22.0 Å². The van der Waals surface area contributed by atoms with Gasteiger partial charge in [-0.25, -0.2) is 9.59 Å². The Bertz CT molecular complexity index is 1530. The van der Waals surface area contributed by atoms with Crippen molar-refractivity contribution >= 4 is 23.2 Å². The van der Waals surface area contributed by atoms with Gasteiger partial charge in [0.15, 0.2) is 5.75 Å². The summed E-state index contributed by atoms with van der Waals surface area (Å²) >= 11 is 12.6. The van der Waals surface area contributed by atoms with E-state index in [1.807, 2.05) is 13.8 Å².